The monoisotopic (exact) mass is 381 g/mol. The Morgan fingerprint density at radius 3 is 2.47 bits per heavy atom. The molecule has 0 amide bonds. The average molecular weight is 383 g/mol. The summed E-state index contributed by atoms with van der Waals surface area (Å²) in [5.41, 5.74) is 0. The van der Waals surface area contributed by atoms with Crippen LogP contribution in [-0.2, 0) is 10.0 Å². The summed E-state index contributed by atoms with van der Waals surface area (Å²) in [7, 11) is -3.31. The Hall–Kier alpha value is 0.0900. The largest absolute Gasteiger partial charge is 0.243 e. The van der Waals surface area contributed by atoms with Gasteiger partial charge >= 0.3 is 0 Å². The van der Waals surface area contributed by atoms with Gasteiger partial charge in [-0.1, -0.05) is 31.9 Å². The van der Waals surface area contributed by atoms with Gasteiger partial charge in [0.05, 0.1) is 4.90 Å². The number of sulfonamides is 1. The molecular formula is C11H13Br2NO2S. The lowest BCUT2D eigenvalue weighted by Crippen LogP contribution is -2.29. The van der Waals surface area contributed by atoms with Crippen molar-refractivity contribution >= 4 is 41.9 Å². The van der Waals surface area contributed by atoms with Crippen LogP contribution >= 0.6 is 31.9 Å². The first-order valence-corrected chi connectivity index (χ1v) is 8.71. The van der Waals surface area contributed by atoms with E-state index in [4.69, 9.17) is 0 Å². The van der Waals surface area contributed by atoms with E-state index in [1.807, 2.05) is 0 Å². The van der Waals surface area contributed by atoms with Gasteiger partial charge in [-0.25, -0.2) is 8.42 Å². The van der Waals surface area contributed by atoms with Gasteiger partial charge in [-0.05, 0) is 36.6 Å². The third-order valence-electron chi connectivity index (χ3n) is 2.92. The van der Waals surface area contributed by atoms with Gasteiger partial charge in [0.15, 0.2) is 0 Å². The lowest BCUT2D eigenvalue weighted by molar-refractivity contribution is 0.466. The van der Waals surface area contributed by atoms with Crippen LogP contribution in [0.25, 0.3) is 0 Å². The molecule has 0 aliphatic carbocycles. The third kappa shape index (κ3) is 2.92. The molecule has 17 heavy (non-hydrogen) atoms. The highest BCUT2D eigenvalue weighted by Gasteiger charge is 2.31. The summed E-state index contributed by atoms with van der Waals surface area (Å²) in [6.07, 6.45) is 0.932. The molecular weight excluding hydrogens is 370 g/mol. The fraction of sp³-hybridized carbons (Fsp3) is 0.455. The number of benzene rings is 1. The molecule has 94 valence electrons. The predicted molar refractivity (Wildman–Crippen MR) is 74.8 cm³/mol. The third-order valence-corrected chi connectivity index (χ3v) is 6.24. The zero-order valence-electron chi connectivity index (χ0n) is 9.14. The molecule has 1 fully saturated rings. The molecule has 0 N–H and O–H groups in total. The number of hydrogen-bond donors (Lipinski definition) is 0. The number of nitrogens with zero attached hydrogens (tertiary/aromatic N) is 1. The smallest absolute Gasteiger partial charge is 0.207 e. The van der Waals surface area contributed by atoms with Gasteiger partial charge in [0.25, 0.3) is 0 Å². The lowest BCUT2D eigenvalue weighted by Gasteiger charge is -2.16. The summed E-state index contributed by atoms with van der Waals surface area (Å²) < 4.78 is 27.1. The Morgan fingerprint density at radius 2 is 1.94 bits per heavy atom. The minimum Gasteiger partial charge on any atom is -0.207 e. The van der Waals surface area contributed by atoms with E-state index in [0.29, 0.717) is 23.9 Å². The van der Waals surface area contributed by atoms with Crippen molar-refractivity contribution in [1.29, 1.82) is 0 Å². The first-order chi connectivity index (χ1) is 8.04. The van der Waals surface area contributed by atoms with E-state index in [-0.39, 0.29) is 0 Å². The molecule has 0 spiro atoms. The number of alkyl halides is 1. The minimum atomic E-state index is -3.31. The van der Waals surface area contributed by atoms with Crippen LogP contribution in [0.3, 0.4) is 0 Å². The standard InChI is InChI=1S/C11H13Br2NO2S/c12-7-9-5-6-14(8-9)17(15,16)11-3-1-10(13)2-4-11/h1-4,9H,5-8H2. The van der Waals surface area contributed by atoms with Crippen molar-refractivity contribution < 1.29 is 8.42 Å². The van der Waals surface area contributed by atoms with Crippen molar-refractivity contribution in [3.8, 4) is 0 Å². The second-order valence-electron chi connectivity index (χ2n) is 4.13. The van der Waals surface area contributed by atoms with E-state index in [1.54, 1.807) is 28.6 Å². The SMILES string of the molecule is O=S(=O)(c1ccc(Br)cc1)N1CCC(CBr)C1. The number of hydrogen-bond acceptors (Lipinski definition) is 2. The quantitative estimate of drug-likeness (QED) is 0.753. The van der Waals surface area contributed by atoms with Crippen LogP contribution in [-0.4, -0.2) is 31.1 Å². The molecule has 1 aliphatic rings. The summed E-state index contributed by atoms with van der Waals surface area (Å²) in [5.74, 6) is 0.431. The van der Waals surface area contributed by atoms with Crippen molar-refractivity contribution in [3.05, 3.63) is 28.7 Å². The van der Waals surface area contributed by atoms with Crippen LogP contribution in [0, 0.1) is 5.92 Å². The van der Waals surface area contributed by atoms with Crippen LogP contribution in [0.1, 0.15) is 6.42 Å². The van der Waals surface area contributed by atoms with Crippen molar-refractivity contribution in [2.24, 2.45) is 5.92 Å². The Bertz CT molecular complexity index is 487. The van der Waals surface area contributed by atoms with E-state index >= 15 is 0 Å². The molecule has 0 bridgehead atoms. The van der Waals surface area contributed by atoms with Crippen LogP contribution in [0.15, 0.2) is 33.6 Å². The van der Waals surface area contributed by atoms with Crippen molar-refractivity contribution in [2.45, 2.75) is 11.3 Å². The number of rotatable bonds is 3. The molecule has 2 rings (SSSR count). The van der Waals surface area contributed by atoms with Gasteiger partial charge in [-0.3, -0.25) is 0 Å². The van der Waals surface area contributed by atoms with E-state index in [0.717, 1.165) is 16.2 Å². The molecule has 1 atom stereocenters. The van der Waals surface area contributed by atoms with Crippen molar-refractivity contribution in [3.63, 3.8) is 0 Å². The zero-order valence-corrected chi connectivity index (χ0v) is 13.1. The highest BCUT2D eigenvalue weighted by atomic mass is 79.9. The average Bonchev–Trinajstić information content (AvgIpc) is 2.78. The highest BCUT2D eigenvalue weighted by Crippen LogP contribution is 2.25. The van der Waals surface area contributed by atoms with Gasteiger partial charge in [-0.2, -0.15) is 4.31 Å². The lowest BCUT2D eigenvalue weighted by atomic mass is 10.2. The van der Waals surface area contributed by atoms with Gasteiger partial charge in [0, 0.05) is 22.9 Å². The van der Waals surface area contributed by atoms with Crippen molar-refractivity contribution in [1.82, 2.24) is 4.31 Å². The van der Waals surface area contributed by atoms with E-state index in [9.17, 15) is 8.42 Å². The molecule has 1 aromatic carbocycles. The molecule has 1 saturated heterocycles. The highest BCUT2D eigenvalue weighted by molar-refractivity contribution is 9.10. The van der Waals surface area contributed by atoms with E-state index < -0.39 is 10.0 Å². The molecule has 6 heteroatoms. The molecule has 1 aliphatic heterocycles. The van der Waals surface area contributed by atoms with Crippen LogP contribution in [0.5, 0.6) is 0 Å². The Balaban J connectivity index is 2.22. The molecule has 0 saturated carbocycles. The first kappa shape index (κ1) is 13.5. The summed E-state index contributed by atoms with van der Waals surface area (Å²) in [4.78, 5) is 0.371. The first-order valence-electron chi connectivity index (χ1n) is 5.35. The van der Waals surface area contributed by atoms with Crippen LogP contribution in [0.4, 0.5) is 0 Å². The minimum absolute atomic E-state index is 0.371. The maximum atomic E-state index is 12.3. The van der Waals surface area contributed by atoms with Gasteiger partial charge in [-0.15, -0.1) is 0 Å². The predicted octanol–water partition coefficient (Wildman–Crippen LogP) is 2.85. The summed E-state index contributed by atoms with van der Waals surface area (Å²) in [5, 5.41) is 0.860. The Labute approximate surface area is 119 Å². The molecule has 1 aromatic rings. The molecule has 3 nitrogen and oxygen atoms in total. The topological polar surface area (TPSA) is 37.4 Å². The number of halogens is 2. The second-order valence-corrected chi connectivity index (χ2v) is 7.63. The zero-order chi connectivity index (χ0) is 12.5. The summed E-state index contributed by atoms with van der Waals surface area (Å²) >= 11 is 6.71. The normalized spacial score (nSPS) is 21.9. The van der Waals surface area contributed by atoms with Gasteiger partial charge in [0.2, 0.25) is 10.0 Å². The van der Waals surface area contributed by atoms with Gasteiger partial charge in [0.1, 0.15) is 0 Å². The summed E-state index contributed by atoms with van der Waals surface area (Å²) in [6.45, 7) is 1.23. The van der Waals surface area contributed by atoms with E-state index in [2.05, 4.69) is 31.9 Å². The molecule has 1 heterocycles. The van der Waals surface area contributed by atoms with Crippen molar-refractivity contribution in [2.75, 3.05) is 18.4 Å². The Morgan fingerprint density at radius 1 is 1.29 bits per heavy atom. The molecule has 0 aromatic heterocycles. The van der Waals surface area contributed by atoms with E-state index in [1.165, 1.54) is 0 Å². The maximum Gasteiger partial charge on any atom is 0.243 e. The maximum absolute atomic E-state index is 12.3. The second kappa shape index (κ2) is 5.38. The Kier molecular flexibility index (Phi) is 4.28. The fourth-order valence-corrected chi connectivity index (χ4v) is 4.22. The molecule has 1 unspecified atom stereocenters. The van der Waals surface area contributed by atoms with Crippen LogP contribution in [0.2, 0.25) is 0 Å². The van der Waals surface area contributed by atoms with Crippen LogP contribution < -0.4 is 0 Å². The van der Waals surface area contributed by atoms with Gasteiger partial charge < -0.3 is 0 Å². The fourth-order valence-electron chi connectivity index (χ4n) is 1.90. The summed E-state index contributed by atoms with van der Waals surface area (Å²) in [6, 6.07) is 6.79. The molecule has 0 radical (unpaired) electrons.